The molecule has 1 heterocycles. The average molecular weight is 473 g/mol. The van der Waals surface area contributed by atoms with Crippen LogP contribution >= 0.6 is 24.0 Å². The van der Waals surface area contributed by atoms with E-state index in [1.807, 2.05) is 18.2 Å². The monoisotopic (exact) mass is 473 g/mol. The molecule has 1 aliphatic rings. The van der Waals surface area contributed by atoms with Gasteiger partial charge in [-0.05, 0) is 31.6 Å². The molecule has 1 unspecified atom stereocenters. The number of hydrogen-bond acceptors (Lipinski definition) is 3. The molecule has 3 N–H and O–H groups in total. The van der Waals surface area contributed by atoms with Gasteiger partial charge in [0.1, 0.15) is 0 Å². The summed E-state index contributed by atoms with van der Waals surface area (Å²) < 4.78 is 0. The van der Waals surface area contributed by atoms with E-state index in [9.17, 15) is 4.79 Å². The van der Waals surface area contributed by atoms with E-state index in [4.69, 9.17) is 4.99 Å². The first kappa shape index (κ1) is 22.7. The summed E-state index contributed by atoms with van der Waals surface area (Å²) in [5.74, 6) is 1.01. The summed E-state index contributed by atoms with van der Waals surface area (Å²) in [4.78, 5) is 19.0. The molecule has 0 aliphatic carbocycles. The fraction of sp³-hybridized carbons (Fsp3) is 0.579. The number of aliphatic imine (C=N–C) groups is 1. The zero-order valence-corrected chi connectivity index (χ0v) is 18.4. The van der Waals surface area contributed by atoms with Crippen molar-refractivity contribution in [3.05, 3.63) is 29.8 Å². The summed E-state index contributed by atoms with van der Waals surface area (Å²) in [5.41, 5.74) is 2.09. The molecule has 146 valence electrons. The SMILES string of the molecule is CCNC(=NCC1CC(=O)Nc2ccccc21)NCCN(CC)CC.I. The summed E-state index contributed by atoms with van der Waals surface area (Å²) in [5, 5.41) is 9.62. The molecule has 7 heteroatoms. The molecule has 0 bridgehead atoms. The lowest BCUT2D eigenvalue weighted by Crippen LogP contribution is -2.42. The van der Waals surface area contributed by atoms with Crippen molar-refractivity contribution in [3.8, 4) is 0 Å². The second-order valence-electron chi connectivity index (χ2n) is 6.21. The van der Waals surface area contributed by atoms with Crippen molar-refractivity contribution >= 4 is 41.5 Å². The van der Waals surface area contributed by atoms with Crippen LogP contribution in [0.1, 0.15) is 38.7 Å². The number of nitrogens with zero attached hydrogens (tertiary/aromatic N) is 2. The van der Waals surface area contributed by atoms with Crippen LogP contribution in [0.4, 0.5) is 5.69 Å². The van der Waals surface area contributed by atoms with E-state index >= 15 is 0 Å². The maximum Gasteiger partial charge on any atom is 0.225 e. The molecule has 0 saturated heterocycles. The highest BCUT2D eigenvalue weighted by molar-refractivity contribution is 14.0. The van der Waals surface area contributed by atoms with Gasteiger partial charge in [0.25, 0.3) is 0 Å². The number of fused-ring (bicyclic) bond motifs is 1. The molecule has 1 aromatic rings. The third kappa shape index (κ3) is 6.75. The lowest BCUT2D eigenvalue weighted by Gasteiger charge is -2.24. The van der Waals surface area contributed by atoms with Crippen molar-refractivity contribution in [1.82, 2.24) is 15.5 Å². The lowest BCUT2D eigenvalue weighted by molar-refractivity contribution is -0.116. The first-order valence-electron chi connectivity index (χ1n) is 9.31. The molecule has 2 rings (SSSR count). The number of amides is 1. The van der Waals surface area contributed by atoms with Crippen LogP contribution in [0.5, 0.6) is 0 Å². The number of guanidine groups is 1. The van der Waals surface area contributed by atoms with Crippen molar-refractivity contribution < 1.29 is 4.79 Å². The number of hydrogen-bond donors (Lipinski definition) is 3. The highest BCUT2D eigenvalue weighted by Gasteiger charge is 2.24. The Morgan fingerprint density at radius 1 is 1.23 bits per heavy atom. The van der Waals surface area contributed by atoms with Crippen LogP contribution in [0.3, 0.4) is 0 Å². The smallest absolute Gasteiger partial charge is 0.225 e. The molecule has 1 amide bonds. The molecule has 26 heavy (non-hydrogen) atoms. The van der Waals surface area contributed by atoms with E-state index in [1.54, 1.807) is 0 Å². The second kappa shape index (κ2) is 12.1. The Hall–Kier alpha value is -1.35. The molecule has 0 radical (unpaired) electrons. The number of carbonyl (C=O) groups excluding carboxylic acids is 1. The minimum absolute atomic E-state index is 0. The van der Waals surface area contributed by atoms with Gasteiger partial charge in [-0.1, -0.05) is 32.0 Å². The van der Waals surface area contributed by atoms with Crippen LogP contribution < -0.4 is 16.0 Å². The van der Waals surface area contributed by atoms with E-state index in [0.29, 0.717) is 13.0 Å². The third-order valence-electron chi connectivity index (χ3n) is 4.54. The maximum atomic E-state index is 11.9. The zero-order chi connectivity index (χ0) is 18.1. The molecular weight excluding hydrogens is 441 g/mol. The Morgan fingerprint density at radius 2 is 1.96 bits per heavy atom. The Kier molecular flexibility index (Phi) is 10.6. The Bertz CT molecular complexity index is 589. The summed E-state index contributed by atoms with van der Waals surface area (Å²) >= 11 is 0. The lowest BCUT2D eigenvalue weighted by atomic mass is 9.91. The number of anilines is 1. The van der Waals surface area contributed by atoms with Crippen molar-refractivity contribution in [1.29, 1.82) is 0 Å². The average Bonchev–Trinajstić information content (AvgIpc) is 2.62. The molecule has 0 aromatic heterocycles. The fourth-order valence-electron chi connectivity index (χ4n) is 3.08. The van der Waals surface area contributed by atoms with E-state index in [2.05, 4.69) is 47.7 Å². The third-order valence-corrected chi connectivity index (χ3v) is 4.54. The number of halogens is 1. The van der Waals surface area contributed by atoms with E-state index in [0.717, 1.165) is 44.4 Å². The van der Waals surface area contributed by atoms with Gasteiger partial charge in [-0.2, -0.15) is 0 Å². The predicted molar refractivity (Wildman–Crippen MR) is 120 cm³/mol. The molecule has 0 fully saturated rings. The number of carbonyl (C=O) groups is 1. The van der Waals surface area contributed by atoms with Gasteiger partial charge in [0.2, 0.25) is 5.91 Å². The van der Waals surface area contributed by atoms with Crippen LogP contribution in [-0.4, -0.2) is 56.0 Å². The minimum atomic E-state index is 0. The topological polar surface area (TPSA) is 68.8 Å². The Labute approximate surface area is 174 Å². The van der Waals surface area contributed by atoms with Crippen molar-refractivity contribution in [2.24, 2.45) is 4.99 Å². The van der Waals surface area contributed by atoms with E-state index < -0.39 is 0 Å². The van der Waals surface area contributed by atoms with Gasteiger partial charge in [-0.15, -0.1) is 24.0 Å². The summed E-state index contributed by atoms with van der Waals surface area (Å²) in [6.07, 6.45) is 0.485. The number of para-hydroxylation sites is 1. The van der Waals surface area contributed by atoms with Crippen molar-refractivity contribution in [3.63, 3.8) is 0 Å². The summed E-state index contributed by atoms with van der Waals surface area (Å²) in [6.45, 7) is 11.8. The fourth-order valence-corrected chi connectivity index (χ4v) is 3.08. The van der Waals surface area contributed by atoms with Crippen molar-refractivity contribution in [2.75, 3.05) is 44.6 Å². The van der Waals surface area contributed by atoms with Crippen LogP contribution in [0.15, 0.2) is 29.3 Å². The molecule has 1 atom stereocenters. The number of rotatable bonds is 8. The van der Waals surface area contributed by atoms with Crippen LogP contribution in [0.25, 0.3) is 0 Å². The molecule has 0 spiro atoms. The Balaban J connectivity index is 0.00000338. The highest BCUT2D eigenvalue weighted by Crippen LogP contribution is 2.31. The van der Waals surface area contributed by atoms with Gasteiger partial charge in [0, 0.05) is 37.7 Å². The maximum absolute atomic E-state index is 11.9. The highest BCUT2D eigenvalue weighted by atomic mass is 127. The molecule has 1 aliphatic heterocycles. The minimum Gasteiger partial charge on any atom is -0.357 e. The van der Waals surface area contributed by atoms with Gasteiger partial charge in [0.05, 0.1) is 6.54 Å². The van der Waals surface area contributed by atoms with Gasteiger partial charge < -0.3 is 20.9 Å². The van der Waals surface area contributed by atoms with Crippen LogP contribution in [0.2, 0.25) is 0 Å². The number of likely N-dealkylation sites (N-methyl/N-ethyl adjacent to an activating group) is 1. The van der Waals surface area contributed by atoms with Gasteiger partial charge in [-0.3, -0.25) is 9.79 Å². The molecule has 6 nitrogen and oxygen atoms in total. The molecular formula is C19H32IN5O. The predicted octanol–water partition coefficient (Wildman–Crippen LogP) is 2.63. The first-order valence-corrected chi connectivity index (χ1v) is 9.31. The van der Waals surface area contributed by atoms with Gasteiger partial charge in [0.15, 0.2) is 5.96 Å². The second-order valence-corrected chi connectivity index (χ2v) is 6.21. The van der Waals surface area contributed by atoms with Gasteiger partial charge >= 0.3 is 0 Å². The van der Waals surface area contributed by atoms with Gasteiger partial charge in [-0.25, -0.2) is 0 Å². The molecule has 0 saturated carbocycles. The summed E-state index contributed by atoms with van der Waals surface area (Å²) in [7, 11) is 0. The number of nitrogens with one attached hydrogen (secondary N) is 3. The van der Waals surface area contributed by atoms with Crippen molar-refractivity contribution in [2.45, 2.75) is 33.1 Å². The normalized spacial score (nSPS) is 16.5. The Morgan fingerprint density at radius 3 is 2.65 bits per heavy atom. The quantitative estimate of drug-likeness (QED) is 0.309. The van der Waals surface area contributed by atoms with Crippen LogP contribution in [0, 0.1) is 0 Å². The first-order chi connectivity index (χ1) is 12.2. The van der Waals surface area contributed by atoms with Crippen LogP contribution in [-0.2, 0) is 4.79 Å². The summed E-state index contributed by atoms with van der Waals surface area (Å²) in [6, 6.07) is 8.00. The largest absolute Gasteiger partial charge is 0.357 e. The molecule has 1 aromatic carbocycles. The number of benzene rings is 1. The van der Waals surface area contributed by atoms with E-state index in [1.165, 1.54) is 5.56 Å². The standard InChI is InChI=1S/C19H31N5O.HI/c1-4-20-19(21-11-12-24(5-2)6-3)22-14-15-13-18(25)23-17-10-8-7-9-16(15)17;/h7-10,15H,4-6,11-14H2,1-3H3,(H,23,25)(H2,20,21,22);1H. The van der Waals surface area contributed by atoms with E-state index in [-0.39, 0.29) is 35.8 Å². The zero-order valence-electron chi connectivity index (χ0n) is 16.0.